The maximum absolute atomic E-state index is 12.9. The van der Waals surface area contributed by atoms with E-state index in [0.29, 0.717) is 5.39 Å². The molecule has 0 radical (unpaired) electrons. The van der Waals surface area contributed by atoms with Gasteiger partial charge in [0.15, 0.2) is 0 Å². The number of fused-ring (bicyclic) bond motifs is 1. The summed E-state index contributed by atoms with van der Waals surface area (Å²) in [5.74, 6) is -0.670. The Morgan fingerprint density at radius 3 is 2.32 bits per heavy atom. The van der Waals surface area contributed by atoms with Crippen LogP contribution in [0.1, 0.15) is 0 Å². The van der Waals surface area contributed by atoms with E-state index in [0.717, 1.165) is 29.7 Å². The minimum atomic E-state index is -3.90. The van der Waals surface area contributed by atoms with Crippen LogP contribution in [0, 0.1) is 5.82 Å². The minimum absolute atomic E-state index is 0.0722. The zero-order chi connectivity index (χ0) is 15.7. The van der Waals surface area contributed by atoms with E-state index in [1.54, 1.807) is 18.2 Å². The number of hydrogen-bond acceptors (Lipinski definition) is 3. The molecule has 0 aliphatic rings. The van der Waals surface area contributed by atoms with Crippen LogP contribution >= 0.6 is 0 Å². The Bertz CT molecular complexity index is 937. The van der Waals surface area contributed by atoms with Gasteiger partial charge in [0.2, 0.25) is 0 Å². The number of anilines is 1. The van der Waals surface area contributed by atoms with Crippen molar-refractivity contribution < 1.29 is 17.9 Å². The molecule has 112 valence electrons. The predicted molar refractivity (Wildman–Crippen MR) is 82.8 cm³/mol. The molecular weight excluding hydrogens is 305 g/mol. The first-order valence-electron chi connectivity index (χ1n) is 6.46. The second kappa shape index (κ2) is 5.31. The van der Waals surface area contributed by atoms with Crippen LogP contribution in [0.25, 0.3) is 10.8 Å². The summed E-state index contributed by atoms with van der Waals surface area (Å²) in [5, 5.41) is 11.6. The Morgan fingerprint density at radius 2 is 1.59 bits per heavy atom. The summed E-state index contributed by atoms with van der Waals surface area (Å²) >= 11 is 0. The smallest absolute Gasteiger partial charge is 0.262 e. The molecule has 0 fully saturated rings. The van der Waals surface area contributed by atoms with Crippen LogP contribution in [-0.2, 0) is 10.0 Å². The molecule has 0 amide bonds. The van der Waals surface area contributed by atoms with Gasteiger partial charge in [-0.3, -0.25) is 4.72 Å². The lowest BCUT2D eigenvalue weighted by molar-refractivity contribution is 0.484. The number of nitrogens with one attached hydrogen (secondary N) is 1. The van der Waals surface area contributed by atoms with Crippen molar-refractivity contribution >= 4 is 26.5 Å². The SMILES string of the molecule is O=S(=O)(Nc1ccc2ccccc2c1O)c1ccc(F)cc1. The summed E-state index contributed by atoms with van der Waals surface area (Å²) in [7, 11) is -3.90. The van der Waals surface area contributed by atoms with Gasteiger partial charge in [-0.2, -0.15) is 0 Å². The molecule has 0 atom stereocenters. The summed E-state index contributed by atoms with van der Waals surface area (Å²) in [4.78, 5) is -0.0820. The number of phenolic OH excluding ortho intramolecular Hbond substituents is 1. The second-order valence-electron chi connectivity index (χ2n) is 4.74. The average Bonchev–Trinajstić information content (AvgIpc) is 2.51. The Labute approximate surface area is 126 Å². The standard InChI is InChI=1S/C16H12FNO3S/c17-12-6-8-13(9-7-12)22(20,21)18-15-10-5-11-3-1-2-4-14(11)16(15)19/h1-10,18-19H. The summed E-state index contributed by atoms with van der Waals surface area (Å²) in [5.41, 5.74) is 0.0722. The molecule has 3 aromatic rings. The quantitative estimate of drug-likeness (QED) is 0.727. The van der Waals surface area contributed by atoms with E-state index in [2.05, 4.69) is 4.72 Å². The zero-order valence-corrected chi connectivity index (χ0v) is 12.1. The molecule has 0 saturated heterocycles. The number of aromatic hydroxyl groups is 1. The molecule has 0 saturated carbocycles. The summed E-state index contributed by atoms with van der Waals surface area (Å²) in [6, 6.07) is 14.7. The summed E-state index contributed by atoms with van der Waals surface area (Å²) in [6.45, 7) is 0. The van der Waals surface area contributed by atoms with Gasteiger partial charge >= 0.3 is 0 Å². The van der Waals surface area contributed by atoms with Gasteiger partial charge in [-0.05, 0) is 35.7 Å². The van der Waals surface area contributed by atoms with Gasteiger partial charge in [0, 0.05) is 5.39 Å². The van der Waals surface area contributed by atoms with E-state index >= 15 is 0 Å². The first-order chi connectivity index (χ1) is 10.5. The molecule has 0 aromatic heterocycles. The largest absolute Gasteiger partial charge is 0.505 e. The van der Waals surface area contributed by atoms with E-state index in [9.17, 15) is 17.9 Å². The maximum Gasteiger partial charge on any atom is 0.262 e. The second-order valence-corrected chi connectivity index (χ2v) is 6.42. The van der Waals surface area contributed by atoms with Crippen LogP contribution in [0.5, 0.6) is 5.75 Å². The van der Waals surface area contributed by atoms with Gasteiger partial charge < -0.3 is 5.11 Å². The number of rotatable bonds is 3. The van der Waals surface area contributed by atoms with E-state index in [1.165, 1.54) is 6.07 Å². The van der Waals surface area contributed by atoms with Crippen molar-refractivity contribution in [2.24, 2.45) is 0 Å². The molecule has 22 heavy (non-hydrogen) atoms. The van der Waals surface area contributed by atoms with Crippen LogP contribution < -0.4 is 4.72 Å². The molecule has 0 bridgehead atoms. The van der Waals surface area contributed by atoms with Gasteiger partial charge in [0.1, 0.15) is 11.6 Å². The highest BCUT2D eigenvalue weighted by Gasteiger charge is 2.17. The molecule has 0 spiro atoms. The van der Waals surface area contributed by atoms with E-state index in [-0.39, 0.29) is 16.3 Å². The number of hydrogen-bond donors (Lipinski definition) is 2. The van der Waals surface area contributed by atoms with Crippen molar-refractivity contribution in [1.82, 2.24) is 0 Å². The Hall–Kier alpha value is -2.60. The first kappa shape index (κ1) is 14.3. The van der Waals surface area contributed by atoms with Gasteiger partial charge in [0.05, 0.1) is 10.6 Å². The molecule has 4 nitrogen and oxygen atoms in total. The molecular formula is C16H12FNO3S. The van der Waals surface area contributed by atoms with Crippen molar-refractivity contribution in [3.05, 3.63) is 66.5 Å². The van der Waals surface area contributed by atoms with Crippen LogP contribution in [0.2, 0.25) is 0 Å². The molecule has 0 heterocycles. The third-order valence-electron chi connectivity index (χ3n) is 3.27. The van der Waals surface area contributed by atoms with Crippen LogP contribution in [-0.4, -0.2) is 13.5 Å². The molecule has 0 unspecified atom stereocenters. The minimum Gasteiger partial charge on any atom is -0.505 e. The lowest BCUT2D eigenvalue weighted by Gasteiger charge is -2.11. The highest BCUT2D eigenvalue weighted by molar-refractivity contribution is 7.92. The topological polar surface area (TPSA) is 66.4 Å². The molecule has 3 rings (SSSR count). The fraction of sp³-hybridized carbons (Fsp3) is 0. The third kappa shape index (κ3) is 2.60. The first-order valence-corrected chi connectivity index (χ1v) is 7.95. The van der Waals surface area contributed by atoms with Crippen molar-refractivity contribution in [2.45, 2.75) is 4.90 Å². The summed E-state index contributed by atoms with van der Waals surface area (Å²) in [6.07, 6.45) is 0. The van der Waals surface area contributed by atoms with E-state index < -0.39 is 15.8 Å². The van der Waals surface area contributed by atoms with Crippen molar-refractivity contribution in [3.8, 4) is 5.75 Å². The van der Waals surface area contributed by atoms with Gasteiger partial charge in [-0.25, -0.2) is 12.8 Å². The van der Waals surface area contributed by atoms with Crippen LogP contribution in [0.4, 0.5) is 10.1 Å². The molecule has 0 aliphatic heterocycles. The van der Waals surface area contributed by atoms with E-state index in [1.807, 2.05) is 12.1 Å². The lowest BCUT2D eigenvalue weighted by Crippen LogP contribution is -2.13. The fourth-order valence-corrected chi connectivity index (χ4v) is 3.22. The molecule has 2 N–H and O–H groups in total. The highest BCUT2D eigenvalue weighted by Crippen LogP contribution is 2.33. The van der Waals surface area contributed by atoms with Gasteiger partial charge in [0.25, 0.3) is 10.0 Å². The number of benzene rings is 3. The monoisotopic (exact) mass is 317 g/mol. The lowest BCUT2D eigenvalue weighted by atomic mass is 10.1. The van der Waals surface area contributed by atoms with Crippen molar-refractivity contribution in [1.29, 1.82) is 0 Å². The number of phenols is 1. The summed E-state index contributed by atoms with van der Waals surface area (Å²) < 4.78 is 39.7. The molecule has 6 heteroatoms. The van der Waals surface area contributed by atoms with Gasteiger partial charge in [-0.15, -0.1) is 0 Å². The number of halogens is 1. The van der Waals surface area contributed by atoms with E-state index in [4.69, 9.17) is 0 Å². The van der Waals surface area contributed by atoms with Crippen LogP contribution in [0.3, 0.4) is 0 Å². The Balaban J connectivity index is 2.02. The Kier molecular flexibility index (Phi) is 3.46. The highest BCUT2D eigenvalue weighted by atomic mass is 32.2. The third-order valence-corrected chi connectivity index (χ3v) is 4.65. The average molecular weight is 317 g/mol. The predicted octanol–water partition coefficient (Wildman–Crippen LogP) is 3.49. The zero-order valence-electron chi connectivity index (χ0n) is 11.3. The van der Waals surface area contributed by atoms with Crippen LogP contribution in [0.15, 0.2) is 65.6 Å². The van der Waals surface area contributed by atoms with Crippen molar-refractivity contribution in [2.75, 3.05) is 4.72 Å². The Morgan fingerprint density at radius 1 is 0.909 bits per heavy atom. The van der Waals surface area contributed by atoms with Crippen molar-refractivity contribution in [3.63, 3.8) is 0 Å². The fourth-order valence-electron chi connectivity index (χ4n) is 2.15. The normalized spacial score (nSPS) is 11.5. The number of sulfonamides is 1. The maximum atomic E-state index is 12.9. The van der Waals surface area contributed by atoms with Gasteiger partial charge in [-0.1, -0.05) is 30.3 Å². The molecule has 3 aromatic carbocycles. The molecule has 0 aliphatic carbocycles.